The maximum atomic E-state index is 10.4. The van der Waals surface area contributed by atoms with E-state index in [9.17, 15) is 8.42 Å². The molecule has 11 heavy (non-hydrogen) atoms. The molecule has 0 radical (unpaired) electrons. The van der Waals surface area contributed by atoms with Crippen molar-refractivity contribution in [2.24, 2.45) is 5.14 Å². The average molecular weight is 213 g/mol. The van der Waals surface area contributed by atoms with Gasteiger partial charge in [0.2, 0.25) is 0 Å². The van der Waals surface area contributed by atoms with Gasteiger partial charge in [0.1, 0.15) is 5.00 Å². The van der Waals surface area contributed by atoms with Crippen LogP contribution in [0, 0.1) is 0 Å². The molecule has 1 heterocycles. The number of nitrogens with one attached hydrogen (secondary N) is 1. The molecular formula is C4H5ClN2O2S2. The summed E-state index contributed by atoms with van der Waals surface area (Å²) in [6.07, 6.45) is 0. The van der Waals surface area contributed by atoms with E-state index in [4.69, 9.17) is 16.7 Å². The molecule has 0 unspecified atom stereocenters. The van der Waals surface area contributed by atoms with Crippen molar-refractivity contribution in [3.8, 4) is 0 Å². The van der Waals surface area contributed by atoms with Gasteiger partial charge in [-0.1, -0.05) is 11.6 Å². The van der Waals surface area contributed by atoms with Crippen LogP contribution in [0.2, 0.25) is 4.34 Å². The molecular weight excluding hydrogens is 208 g/mol. The van der Waals surface area contributed by atoms with Crippen LogP contribution in [0.3, 0.4) is 0 Å². The van der Waals surface area contributed by atoms with E-state index >= 15 is 0 Å². The molecule has 0 aliphatic heterocycles. The number of anilines is 1. The van der Waals surface area contributed by atoms with Crippen molar-refractivity contribution in [2.45, 2.75) is 0 Å². The lowest BCUT2D eigenvalue weighted by Crippen LogP contribution is -2.20. The lowest BCUT2D eigenvalue weighted by molar-refractivity contribution is 0.603. The van der Waals surface area contributed by atoms with Crippen molar-refractivity contribution in [3.05, 3.63) is 16.5 Å². The molecule has 0 atom stereocenters. The van der Waals surface area contributed by atoms with Crippen molar-refractivity contribution >= 4 is 38.1 Å². The molecule has 1 rings (SSSR count). The first kappa shape index (κ1) is 8.79. The second-order valence-electron chi connectivity index (χ2n) is 1.75. The van der Waals surface area contributed by atoms with Gasteiger partial charge in [-0.2, -0.15) is 8.42 Å². The van der Waals surface area contributed by atoms with Crippen molar-refractivity contribution in [2.75, 3.05) is 4.72 Å². The molecule has 0 aliphatic rings. The van der Waals surface area contributed by atoms with Crippen LogP contribution in [-0.4, -0.2) is 8.42 Å². The molecule has 0 fully saturated rings. The summed E-state index contributed by atoms with van der Waals surface area (Å²) in [5, 5.41) is 5.12. The Morgan fingerprint density at radius 2 is 2.18 bits per heavy atom. The van der Waals surface area contributed by atoms with Crippen LogP contribution in [0.4, 0.5) is 5.00 Å². The topological polar surface area (TPSA) is 72.2 Å². The maximum Gasteiger partial charge on any atom is 0.297 e. The predicted octanol–water partition coefficient (Wildman–Crippen LogP) is 1.02. The average Bonchev–Trinajstić information content (AvgIpc) is 2.10. The highest BCUT2D eigenvalue weighted by Gasteiger charge is 2.03. The van der Waals surface area contributed by atoms with Crippen molar-refractivity contribution in [1.29, 1.82) is 0 Å². The van der Waals surface area contributed by atoms with Gasteiger partial charge in [0, 0.05) is 0 Å². The summed E-state index contributed by atoms with van der Waals surface area (Å²) >= 11 is 6.64. The molecule has 1 aromatic heterocycles. The zero-order valence-corrected chi connectivity index (χ0v) is 7.63. The van der Waals surface area contributed by atoms with Crippen LogP contribution < -0.4 is 9.86 Å². The van der Waals surface area contributed by atoms with Gasteiger partial charge in [0.25, 0.3) is 10.2 Å². The first-order chi connectivity index (χ1) is 4.97. The molecule has 3 N–H and O–H groups in total. The van der Waals surface area contributed by atoms with Gasteiger partial charge in [-0.05, 0) is 12.1 Å². The summed E-state index contributed by atoms with van der Waals surface area (Å²) in [7, 11) is -3.66. The number of hydrogen-bond acceptors (Lipinski definition) is 3. The fourth-order valence-electron chi connectivity index (χ4n) is 0.509. The van der Waals surface area contributed by atoms with E-state index < -0.39 is 10.2 Å². The Balaban J connectivity index is 2.81. The summed E-state index contributed by atoms with van der Waals surface area (Å²) in [6, 6.07) is 3.12. The lowest BCUT2D eigenvalue weighted by Gasteiger charge is -1.96. The van der Waals surface area contributed by atoms with Crippen LogP contribution in [0.15, 0.2) is 12.1 Å². The molecule has 0 aromatic carbocycles. The third-order valence-corrected chi connectivity index (χ3v) is 2.60. The van der Waals surface area contributed by atoms with Gasteiger partial charge in [-0.15, -0.1) is 11.3 Å². The third-order valence-electron chi connectivity index (χ3n) is 0.816. The monoisotopic (exact) mass is 212 g/mol. The molecule has 0 aliphatic carbocycles. The summed E-state index contributed by atoms with van der Waals surface area (Å²) in [4.78, 5) is 0. The zero-order chi connectivity index (χ0) is 8.48. The molecule has 0 saturated heterocycles. The standard InChI is InChI=1S/C4H5ClN2O2S2/c5-3-1-2-4(10-3)7-11(6,8)9/h1-2,7H,(H2,6,8,9). The van der Waals surface area contributed by atoms with E-state index in [0.29, 0.717) is 9.34 Å². The summed E-state index contributed by atoms with van der Waals surface area (Å²) < 4.78 is 23.5. The van der Waals surface area contributed by atoms with E-state index in [2.05, 4.69) is 4.72 Å². The molecule has 0 amide bonds. The predicted molar refractivity (Wildman–Crippen MR) is 46.1 cm³/mol. The van der Waals surface area contributed by atoms with Gasteiger partial charge in [0.15, 0.2) is 0 Å². The summed E-state index contributed by atoms with van der Waals surface area (Å²) in [5.41, 5.74) is 0. The van der Waals surface area contributed by atoms with Crippen LogP contribution in [0.1, 0.15) is 0 Å². The van der Waals surface area contributed by atoms with E-state index in [1.165, 1.54) is 6.07 Å². The minimum Gasteiger partial charge on any atom is -0.262 e. The Kier molecular flexibility index (Phi) is 2.38. The number of rotatable bonds is 2. The Labute approximate surface area is 73.2 Å². The minimum absolute atomic E-state index is 0.414. The SMILES string of the molecule is NS(=O)(=O)Nc1ccc(Cl)s1. The van der Waals surface area contributed by atoms with Gasteiger partial charge < -0.3 is 0 Å². The lowest BCUT2D eigenvalue weighted by atomic mass is 10.6. The first-order valence-corrected chi connectivity index (χ1v) is 5.27. The second-order valence-corrected chi connectivity index (χ2v) is 4.76. The normalized spacial score (nSPS) is 11.5. The van der Waals surface area contributed by atoms with Crippen LogP contribution >= 0.6 is 22.9 Å². The quantitative estimate of drug-likeness (QED) is 0.768. The molecule has 62 valence electrons. The van der Waals surface area contributed by atoms with Gasteiger partial charge in [-0.3, -0.25) is 4.72 Å². The smallest absolute Gasteiger partial charge is 0.262 e. The van der Waals surface area contributed by atoms with Gasteiger partial charge >= 0.3 is 0 Å². The number of thiophene rings is 1. The van der Waals surface area contributed by atoms with E-state index in [1.54, 1.807) is 6.07 Å². The molecule has 0 spiro atoms. The Hall–Kier alpha value is -0.300. The Morgan fingerprint density at radius 1 is 1.55 bits per heavy atom. The van der Waals surface area contributed by atoms with E-state index in [0.717, 1.165) is 11.3 Å². The molecule has 0 saturated carbocycles. The third kappa shape index (κ3) is 3.06. The largest absolute Gasteiger partial charge is 0.297 e. The molecule has 0 bridgehead atoms. The Bertz CT molecular complexity index is 345. The molecule has 7 heteroatoms. The fourth-order valence-corrected chi connectivity index (χ4v) is 2.17. The van der Waals surface area contributed by atoms with Crippen LogP contribution in [0.25, 0.3) is 0 Å². The molecule has 1 aromatic rings. The number of halogens is 1. The molecule has 4 nitrogen and oxygen atoms in total. The first-order valence-electron chi connectivity index (χ1n) is 2.53. The van der Waals surface area contributed by atoms with E-state index in [-0.39, 0.29) is 0 Å². The Morgan fingerprint density at radius 3 is 2.55 bits per heavy atom. The highest BCUT2D eigenvalue weighted by molar-refractivity contribution is 7.90. The highest BCUT2D eigenvalue weighted by Crippen LogP contribution is 2.26. The maximum absolute atomic E-state index is 10.4. The minimum atomic E-state index is -3.66. The fraction of sp³-hybridized carbons (Fsp3) is 0. The summed E-state index contributed by atoms with van der Waals surface area (Å²) in [5.74, 6) is 0. The summed E-state index contributed by atoms with van der Waals surface area (Å²) in [6.45, 7) is 0. The van der Waals surface area contributed by atoms with Gasteiger partial charge in [-0.25, -0.2) is 5.14 Å². The van der Waals surface area contributed by atoms with Crippen LogP contribution in [0.5, 0.6) is 0 Å². The van der Waals surface area contributed by atoms with Crippen molar-refractivity contribution in [1.82, 2.24) is 0 Å². The van der Waals surface area contributed by atoms with Crippen molar-refractivity contribution in [3.63, 3.8) is 0 Å². The number of nitrogens with two attached hydrogens (primary N) is 1. The zero-order valence-electron chi connectivity index (χ0n) is 5.24. The van der Waals surface area contributed by atoms with Gasteiger partial charge in [0.05, 0.1) is 4.34 Å². The van der Waals surface area contributed by atoms with Crippen molar-refractivity contribution < 1.29 is 8.42 Å². The second kappa shape index (κ2) is 2.98. The van der Waals surface area contributed by atoms with E-state index in [1.807, 2.05) is 0 Å². The highest BCUT2D eigenvalue weighted by atomic mass is 35.5. The number of hydrogen-bond donors (Lipinski definition) is 2. The van der Waals surface area contributed by atoms with Crippen LogP contribution in [-0.2, 0) is 10.2 Å².